The van der Waals surface area contributed by atoms with E-state index < -0.39 is 11.7 Å². The zero-order chi connectivity index (χ0) is 21.2. The summed E-state index contributed by atoms with van der Waals surface area (Å²) in [5, 5.41) is 4.46. The maximum absolute atomic E-state index is 13.1. The van der Waals surface area contributed by atoms with Gasteiger partial charge in [0.2, 0.25) is 6.23 Å². The first kappa shape index (κ1) is 19.2. The number of amidine groups is 1. The molecule has 7 rings (SSSR count). The van der Waals surface area contributed by atoms with Crippen LogP contribution in [0.25, 0.3) is 0 Å². The van der Waals surface area contributed by atoms with Crippen molar-refractivity contribution in [2.75, 3.05) is 0 Å². The summed E-state index contributed by atoms with van der Waals surface area (Å²) in [4.78, 5) is 8.33. The lowest BCUT2D eigenvalue weighted by Gasteiger charge is -2.60. The summed E-state index contributed by atoms with van der Waals surface area (Å²) in [6.07, 6.45) is 2.61. The maximum atomic E-state index is 13.1. The largest absolute Gasteiger partial charge is 0.416 e. The highest BCUT2D eigenvalue weighted by Gasteiger charge is 2.57. The van der Waals surface area contributed by atoms with Gasteiger partial charge in [-0.3, -0.25) is 0 Å². The summed E-state index contributed by atoms with van der Waals surface area (Å²) in [5.74, 6) is 2.87. The van der Waals surface area contributed by atoms with Crippen LogP contribution in [0.2, 0.25) is 0 Å². The minimum Gasteiger partial charge on any atom is -0.363 e. The average Bonchev–Trinajstić information content (AvgIpc) is 3.19. The Bertz CT molecular complexity index is 964. The Morgan fingerprint density at radius 3 is 1.97 bits per heavy atom. The Morgan fingerprint density at radius 2 is 1.42 bits per heavy atom. The molecule has 1 atom stereocenters. The van der Waals surface area contributed by atoms with Crippen LogP contribution in [0.4, 0.5) is 13.2 Å². The van der Waals surface area contributed by atoms with Crippen molar-refractivity contribution in [1.82, 2.24) is 4.90 Å². The summed E-state index contributed by atoms with van der Waals surface area (Å²) in [7, 11) is 0. The number of hydrogen-bond donors (Lipinski definition) is 0. The van der Waals surface area contributed by atoms with Crippen LogP contribution in [0.15, 0.2) is 59.8 Å². The predicted molar refractivity (Wildman–Crippen MR) is 111 cm³/mol. The van der Waals surface area contributed by atoms with Crippen molar-refractivity contribution in [1.29, 1.82) is 0 Å². The molecule has 1 aliphatic heterocycles. The molecule has 1 heterocycles. The van der Waals surface area contributed by atoms with E-state index >= 15 is 0 Å². The lowest BCUT2D eigenvalue weighted by atomic mass is 9.52. The van der Waals surface area contributed by atoms with E-state index in [4.69, 9.17) is 4.84 Å². The fourth-order valence-electron chi connectivity index (χ4n) is 6.96. The lowest BCUT2D eigenvalue weighted by Crippen LogP contribution is -2.61. The van der Waals surface area contributed by atoms with Crippen molar-refractivity contribution in [2.24, 2.45) is 22.9 Å². The Morgan fingerprint density at radius 1 is 0.839 bits per heavy atom. The molecular formula is C25H25F3N2O. The highest BCUT2D eigenvalue weighted by Crippen LogP contribution is 2.60. The van der Waals surface area contributed by atoms with E-state index in [2.05, 4.69) is 10.1 Å². The molecule has 0 aromatic heterocycles. The molecule has 0 N–H and O–H groups in total. The Hall–Kier alpha value is -2.50. The quantitative estimate of drug-likeness (QED) is 0.570. The fourth-order valence-corrected chi connectivity index (χ4v) is 6.96. The molecule has 4 aliphatic carbocycles. The normalized spacial score (nSPS) is 34.0. The SMILES string of the molecule is FC(F)(F)c1ccc(C2=NOC(c3ccccc3)N2C23CC4CC(CC(C4)C2)C3)cc1. The summed E-state index contributed by atoms with van der Waals surface area (Å²) >= 11 is 0. The van der Waals surface area contributed by atoms with E-state index in [0.29, 0.717) is 11.4 Å². The van der Waals surface area contributed by atoms with Gasteiger partial charge in [0.1, 0.15) is 0 Å². The van der Waals surface area contributed by atoms with E-state index in [-0.39, 0.29) is 11.8 Å². The molecule has 0 amide bonds. The second-order valence-corrected chi connectivity index (χ2v) is 9.87. The number of nitrogens with zero attached hydrogens (tertiary/aromatic N) is 2. The average molecular weight is 426 g/mol. The predicted octanol–water partition coefficient (Wildman–Crippen LogP) is 6.37. The third-order valence-corrected chi connectivity index (χ3v) is 7.77. The molecule has 4 bridgehead atoms. The van der Waals surface area contributed by atoms with Crippen LogP contribution in [-0.4, -0.2) is 16.3 Å². The van der Waals surface area contributed by atoms with Crippen LogP contribution >= 0.6 is 0 Å². The van der Waals surface area contributed by atoms with Gasteiger partial charge in [-0.15, -0.1) is 0 Å². The summed E-state index contributed by atoms with van der Waals surface area (Å²) in [5.41, 5.74) is 1.04. The lowest BCUT2D eigenvalue weighted by molar-refractivity contribution is -0.137. The molecular weight excluding hydrogens is 401 g/mol. The number of rotatable bonds is 3. The summed E-state index contributed by atoms with van der Waals surface area (Å²) in [6, 6.07) is 15.4. The summed E-state index contributed by atoms with van der Waals surface area (Å²) in [6.45, 7) is 0. The number of halogens is 3. The molecule has 4 saturated carbocycles. The number of benzene rings is 2. The Labute approximate surface area is 179 Å². The van der Waals surface area contributed by atoms with Gasteiger partial charge in [0, 0.05) is 16.7 Å². The highest BCUT2D eigenvalue weighted by molar-refractivity contribution is 6.00. The Kier molecular flexibility index (Phi) is 4.18. The van der Waals surface area contributed by atoms with Crippen LogP contribution in [0.3, 0.4) is 0 Å². The van der Waals surface area contributed by atoms with Crippen LogP contribution in [0.5, 0.6) is 0 Å². The third kappa shape index (κ3) is 3.14. The Balaban J connectivity index is 1.41. The smallest absolute Gasteiger partial charge is 0.363 e. The van der Waals surface area contributed by atoms with Crippen molar-refractivity contribution < 1.29 is 18.0 Å². The second-order valence-electron chi connectivity index (χ2n) is 9.87. The van der Waals surface area contributed by atoms with Crippen LogP contribution in [0, 0.1) is 17.8 Å². The molecule has 2 aromatic carbocycles. The zero-order valence-electron chi connectivity index (χ0n) is 17.2. The molecule has 5 aliphatic rings. The van der Waals surface area contributed by atoms with E-state index in [0.717, 1.165) is 54.7 Å². The molecule has 1 unspecified atom stereocenters. The van der Waals surface area contributed by atoms with E-state index in [1.54, 1.807) is 0 Å². The fraction of sp³-hybridized carbons (Fsp3) is 0.480. The van der Waals surface area contributed by atoms with Gasteiger partial charge in [0.15, 0.2) is 5.84 Å². The van der Waals surface area contributed by atoms with Crippen molar-refractivity contribution in [2.45, 2.75) is 56.5 Å². The first-order chi connectivity index (χ1) is 14.9. The van der Waals surface area contributed by atoms with Gasteiger partial charge < -0.3 is 9.74 Å². The first-order valence-electron chi connectivity index (χ1n) is 11.2. The maximum Gasteiger partial charge on any atom is 0.416 e. The van der Waals surface area contributed by atoms with Gasteiger partial charge in [-0.05, 0) is 68.4 Å². The zero-order valence-corrected chi connectivity index (χ0v) is 17.2. The molecule has 4 fully saturated rings. The van der Waals surface area contributed by atoms with Crippen molar-refractivity contribution >= 4 is 5.84 Å². The van der Waals surface area contributed by atoms with Crippen molar-refractivity contribution in [3.05, 3.63) is 71.3 Å². The first-order valence-corrected chi connectivity index (χ1v) is 11.2. The van der Waals surface area contributed by atoms with Gasteiger partial charge in [-0.1, -0.05) is 47.6 Å². The van der Waals surface area contributed by atoms with Crippen molar-refractivity contribution in [3.63, 3.8) is 0 Å². The van der Waals surface area contributed by atoms with Crippen LogP contribution in [-0.2, 0) is 11.0 Å². The van der Waals surface area contributed by atoms with Gasteiger partial charge in [-0.25, -0.2) is 0 Å². The topological polar surface area (TPSA) is 24.8 Å². The number of oxime groups is 1. The van der Waals surface area contributed by atoms with E-state index in [9.17, 15) is 13.2 Å². The molecule has 0 spiro atoms. The van der Waals surface area contributed by atoms with Crippen LogP contribution in [0.1, 0.15) is 61.4 Å². The standard InChI is InChI=1S/C25H25F3N2O/c26-25(27,28)21-8-6-19(7-9-21)22-29-31-23(20-4-2-1-3-5-20)30(22)24-13-16-10-17(14-24)12-18(11-16)15-24/h1-9,16-18,23H,10-15H2. The minimum absolute atomic E-state index is 0.0344. The number of hydrogen-bond acceptors (Lipinski definition) is 3. The van der Waals surface area contributed by atoms with E-state index in [1.807, 2.05) is 30.3 Å². The van der Waals surface area contributed by atoms with Gasteiger partial charge >= 0.3 is 6.18 Å². The molecule has 3 nitrogen and oxygen atoms in total. The number of alkyl halides is 3. The van der Waals surface area contributed by atoms with Crippen LogP contribution < -0.4 is 0 Å². The van der Waals surface area contributed by atoms with Gasteiger partial charge in [-0.2, -0.15) is 13.2 Å². The van der Waals surface area contributed by atoms with Crippen molar-refractivity contribution in [3.8, 4) is 0 Å². The molecule has 0 saturated heterocycles. The minimum atomic E-state index is -4.35. The highest BCUT2D eigenvalue weighted by atomic mass is 19.4. The van der Waals surface area contributed by atoms with Gasteiger partial charge in [0.25, 0.3) is 0 Å². The summed E-state index contributed by atoms with van der Waals surface area (Å²) < 4.78 is 39.3. The third-order valence-electron chi connectivity index (χ3n) is 7.77. The molecule has 31 heavy (non-hydrogen) atoms. The molecule has 0 radical (unpaired) electrons. The monoisotopic (exact) mass is 426 g/mol. The molecule has 2 aromatic rings. The molecule has 6 heteroatoms. The molecule has 162 valence electrons. The van der Waals surface area contributed by atoms with E-state index in [1.165, 1.54) is 31.4 Å². The second kappa shape index (κ2) is 6.75. The van der Waals surface area contributed by atoms with Gasteiger partial charge in [0.05, 0.1) is 5.56 Å².